The zero-order valence-electron chi connectivity index (χ0n) is 7.60. The van der Waals surface area contributed by atoms with Crippen LogP contribution in [0.3, 0.4) is 0 Å². The van der Waals surface area contributed by atoms with Gasteiger partial charge in [0, 0.05) is 13.6 Å². The Morgan fingerprint density at radius 1 is 1.43 bits per heavy atom. The van der Waals surface area contributed by atoms with Crippen molar-refractivity contribution >= 4 is 6.03 Å². The van der Waals surface area contributed by atoms with Gasteiger partial charge in [-0.05, 0) is 0 Å². The third-order valence-corrected chi connectivity index (χ3v) is 2.14. The van der Waals surface area contributed by atoms with Crippen LogP contribution in [0.2, 0.25) is 0 Å². The SMILES string of the molecule is CN1CCN(n2cc(O)[nH]c2=O)C1=O. The number of imidazole rings is 1. The van der Waals surface area contributed by atoms with E-state index in [1.54, 1.807) is 7.05 Å². The number of H-pyrrole nitrogens is 1. The van der Waals surface area contributed by atoms with Gasteiger partial charge in [-0.1, -0.05) is 0 Å². The molecular weight excluding hydrogens is 188 g/mol. The first kappa shape index (κ1) is 8.67. The van der Waals surface area contributed by atoms with Crippen LogP contribution in [0.25, 0.3) is 0 Å². The second kappa shape index (κ2) is 2.79. The number of nitrogens with one attached hydrogen (secondary N) is 1. The predicted octanol–water partition coefficient (Wildman–Crippen LogP) is -1.11. The van der Waals surface area contributed by atoms with Crippen molar-refractivity contribution < 1.29 is 9.90 Å². The summed E-state index contributed by atoms with van der Waals surface area (Å²) in [5.74, 6) is -0.252. The van der Waals surface area contributed by atoms with Crippen LogP contribution in [0.5, 0.6) is 5.88 Å². The minimum Gasteiger partial charge on any atom is -0.493 e. The molecule has 7 nitrogen and oxygen atoms in total. The second-order valence-corrected chi connectivity index (χ2v) is 3.12. The van der Waals surface area contributed by atoms with Crippen molar-refractivity contribution in [2.24, 2.45) is 0 Å². The number of aromatic amines is 1. The molecule has 2 heterocycles. The number of rotatable bonds is 1. The van der Waals surface area contributed by atoms with E-state index in [9.17, 15) is 9.59 Å². The van der Waals surface area contributed by atoms with Gasteiger partial charge in [-0.3, -0.25) is 4.98 Å². The van der Waals surface area contributed by atoms with Crippen LogP contribution in [-0.2, 0) is 0 Å². The highest BCUT2D eigenvalue weighted by atomic mass is 16.3. The molecule has 0 spiro atoms. The molecule has 0 unspecified atom stereocenters. The van der Waals surface area contributed by atoms with Crippen LogP contribution in [0.1, 0.15) is 0 Å². The average Bonchev–Trinajstić information content (AvgIpc) is 2.59. The van der Waals surface area contributed by atoms with Crippen molar-refractivity contribution in [2.75, 3.05) is 25.1 Å². The first-order valence-electron chi connectivity index (χ1n) is 4.13. The monoisotopic (exact) mass is 198 g/mol. The lowest BCUT2D eigenvalue weighted by Crippen LogP contribution is -2.43. The summed E-state index contributed by atoms with van der Waals surface area (Å²) in [7, 11) is 1.65. The summed E-state index contributed by atoms with van der Waals surface area (Å²) in [5.41, 5.74) is -0.522. The van der Waals surface area contributed by atoms with E-state index in [4.69, 9.17) is 5.11 Å². The number of hydrogen-bond donors (Lipinski definition) is 2. The molecule has 1 fully saturated rings. The quantitative estimate of drug-likeness (QED) is 0.600. The predicted molar refractivity (Wildman–Crippen MR) is 47.8 cm³/mol. The molecule has 0 radical (unpaired) electrons. The van der Waals surface area contributed by atoms with Crippen molar-refractivity contribution in [3.8, 4) is 5.88 Å². The zero-order valence-corrected chi connectivity index (χ0v) is 7.60. The van der Waals surface area contributed by atoms with E-state index in [1.807, 2.05) is 0 Å². The first-order chi connectivity index (χ1) is 6.59. The Bertz CT molecular complexity index is 421. The van der Waals surface area contributed by atoms with Crippen molar-refractivity contribution in [1.82, 2.24) is 14.6 Å². The molecule has 0 aliphatic carbocycles. The van der Waals surface area contributed by atoms with Crippen LogP contribution in [0.4, 0.5) is 4.79 Å². The Hall–Kier alpha value is -1.92. The lowest BCUT2D eigenvalue weighted by molar-refractivity contribution is 0.225. The maximum Gasteiger partial charge on any atom is 0.347 e. The molecule has 2 N–H and O–H groups in total. The van der Waals surface area contributed by atoms with Gasteiger partial charge in [-0.25, -0.2) is 19.3 Å². The molecule has 0 bridgehead atoms. The van der Waals surface area contributed by atoms with Crippen molar-refractivity contribution in [2.45, 2.75) is 0 Å². The topological polar surface area (TPSA) is 81.6 Å². The molecular formula is C7H10N4O3. The fourth-order valence-electron chi connectivity index (χ4n) is 1.39. The Morgan fingerprint density at radius 3 is 2.57 bits per heavy atom. The van der Waals surface area contributed by atoms with Gasteiger partial charge in [0.2, 0.25) is 5.88 Å². The van der Waals surface area contributed by atoms with Crippen molar-refractivity contribution in [3.05, 3.63) is 16.7 Å². The Labute approximate surface area is 79.1 Å². The lowest BCUT2D eigenvalue weighted by Gasteiger charge is -2.14. The van der Waals surface area contributed by atoms with E-state index in [1.165, 1.54) is 16.1 Å². The van der Waals surface area contributed by atoms with Gasteiger partial charge in [-0.15, -0.1) is 0 Å². The van der Waals surface area contributed by atoms with Gasteiger partial charge < -0.3 is 10.0 Å². The standard InChI is InChI=1S/C7H10N4O3/c1-9-2-3-10(7(9)14)11-4-5(12)8-6(11)13/h4,12H,2-3H2,1H3,(H,8,13). The number of aromatic hydroxyl groups is 1. The Morgan fingerprint density at radius 2 is 2.14 bits per heavy atom. The molecule has 1 aliphatic rings. The summed E-state index contributed by atoms with van der Waals surface area (Å²) >= 11 is 0. The summed E-state index contributed by atoms with van der Waals surface area (Å²) in [6.45, 7) is 1.00. The van der Waals surface area contributed by atoms with Crippen LogP contribution in [0.15, 0.2) is 11.0 Å². The van der Waals surface area contributed by atoms with Crippen LogP contribution < -0.4 is 10.7 Å². The highest BCUT2D eigenvalue weighted by molar-refractivity contribution is 5.86. The minimum atomic E-state index is -0.522. The number of urea groups is 1. The summed E-state index contributed by atoms with van der Waals surface area (Å²) in [5, 5.41) is 10.3. The zero-order chi connectivity index (χ0) is 10.3. The molecule has 2 amide bonds. The molecule has 7 heteroatoms. The van der Waals surface area contributed by atoms with Crippen LogP contribution in [-0.4, -0.2) is 45.8 Å². The largest absolute Gasteiger partial charge is 0.493 e. The molecule has 1 saturated heterocycles. The highest BCUT2D eigenvalue weighted by Crippen LogP contribution is 2.06. The van der Waals surface area contributed by atoms with E-state index in [0.717, 1.165) is 4.68 Å². The molecule has 14 heavy (non-hydrogen) atoms. The summed E-state index contributed by atoms with van der Waals surface area (Å²) in [6.07, 6.45) is 1.18. The first-order valence-corrected chi connectivity index (χ1v) is 4.13. The van der Waals surface area contributed by atoms with Gasteiger partial charge in [0.05, 0.1) is 12.7 Å². The van der Waals surface area contributed by atoms with Crippen molar-refractivity contribution in [1.29, 1.82) is 0 Å². The molecule has 0 atom stereocenters. The lowest BCUT2D eigenvalue weighted by atomic mass is 10.6. The fourth-order valence-corrected chi connectivity index (χ4v) is 1.39. The van der Waals surface area contributed by atoms with E-state index in [-0.39, 0.29) is 11.9 Å². The van der Waals surface area contributed by atoms with E-state index in [0.29, 0.717) is 13.1 Å². The number of likely N-dealkylation sites (N-methyl/N-ethyl adjacent to an activating group) is 1. The van der Waals surface area contributed by atoms with E-state index >= 15 is 0 Å². The maximum absolute atomic E-state index is 11.5. The molecule has 0 saturated carbocycles. The van der Waals surface area contributed by atoms with Gasteiger partial charge in [0.25, 0.3) is 0 Å². The van der Waals surface area contributed by atoms with Crippen LogP contribution in [0, 0.1) is 0 Å². The number of hydrogen-bond acceptors (Lipinski definition) is 3. The average molecular weight is 198 g/mol. The third-order valence-electron chi connectivity index (χ3n) is 2.14. The van der Waals surface area contributed by atoms with Crippen LogP contribution >= 0.6 is 0 Å². The normalized spacial score (nSPS) is 16.8. The summed E-state index contributed by atoms with van der Waals surface area (Å²) in [4.78, 5) is 26.3. The fraction of sp³-hybridized carbons (Fsp3) is 0.429. The smallest absolute Gasteiger partial charge is 0.347 e. The number of amides is 2. The highest BCUT2D eigenvalue weighted by Gasteiger charge is 2.28. The summed E-state index contributed by atoms with van der Waals surface area (Å²) < 4.78 is 1.07. The summed E-state index contributed by atoms with van der Waals surface area (Å²) in [6, 6.07) is -0.258. The number of carbonyl (C=O) groups excluding carboxylic acids is 1. The maximum atomic E-state index is 11.5. The third kappa shape index (κ3) is 1.13. The van der Waals surface area contributed by atoms with E-state index in [2.05, 4.69) is 4.98 Å². The van der Waals surface area contributed by atoms with Crippen molar-refractivity contribution in [3.63, 3.8) is 0 Å². The van der Waals surface area contributed by atoms with Gasteiger partial charge in [-0.2, -0.15) is 0 Å². The van der Waals surface area contributed by atoms with E-state index < -0.39 is 5.69 Å². The molecule has 1 aromatic heterocycles. The number of nitrogens with zero attached hydrogens (tertiary/aromatic N) is 3. The van der Waals surface area contributed by atoms with Gasteiger partial charge >= 0.3 is 11.7 Å². The molecule has 1 aliphatic heterocycles. The molecule has 2 rings (SSSR count). The Balaban J connectivity index is 2.37. The van der Waals surface area contributed by atoms with Gasteiger partial charge in [0.15, 0.2) is 0 Å². The minimum absolute atomic E-state index is 0.252. The molecule has 76 valence electrons. The number of carbonyl (C=O) groups is 1. The Kier molecular flexibility index (Phi) is 1.73. The second-order valence-electron chi connectivity index (χ2n) is 3.12. The molecule has 0 aromatic carbocycles. The van der Waals surface area contributed by atoms with Gasteiger partial charge in [0.1, 0.15) is 0 Å². The molecule has 1 aromatic rings. The number of aromatic nitrogens is 2.